The molecule has 0 bridgehead atoms. The van der Waals surface area contributed by atoms with Crippen LogP contribution in [0.15, 0.2) is 48.5 Å². The first-order chi connectivity index (χ1) is 14.4. The summed E-state index contributed by atoms with van der Waals surface area (Å²) in [6.45, 7) is 2.34. The third-order valence-electron chi connectivity index (χ3n) is 5.95. The zero-order valence-electron chi connectivity index (χ0n) is 18.0. The molecular formula is C24H30N4O2. The smallest absolute Gasteiger partial charge is 0.256 e. The third-order valence-corrected chi connectivity index (χ3v) is 5.95. The van der Waals surface area contributed by atoms with E-state index in [2.05, 4.69) is 29.4 Å². The maximum atomic E-state index is 13.7. The van der Waals surface area contributed by atoms with Crippen LogP contribution in [0.25, 0.3) is 0 Å². The van der Waals surface area contributed by atoms with Crippen LogP contribution in [0.4, 0.5) is 11.4 Å². The molecule has 2 amide bonds. The molecule has 158 valence electrons. The van der Waals surface area contributed by atoms with Crippen molar-refractivity contribution in [1.82, 2.24) is 9.80 Å². The zero-order chi connectivity index (χ0) is 21.3. The monoisotopic (exact) mass is 406 g/mol. The lowest BCUT2D eigenvalue weighted by atomic mass is 10.0. The van der Waals surface area contributed by atoms with Crippen LogP contribution < -0.4 is 10.2 Å². The van der Waals surface area contributed by atoms with Crippen LogP contribution in [-0.2, 0) is 4.79 Å². The Hall–Kier alpha value is -2.86. The van der Waals surface area contributed by atoms with Gasteiger partial charge in [0.25, 0.3) is 5.91 Å². The molecule has 2 fully saturated rings. The van der Waals surface area contributed by atoms with Crippen LogP contribution in [0, 0.1) is 5.92 Å². The van der Waals surface area contributed by atoms with Crippen molar-refractivity contribution in [3.63, 3.8) is 0 Å². The van der Waals surface area contributed by atoms with Crippen LogP contribution in [0.1, 0.15) is 34.8 Å². The van der Waals surface area contributed by atoms with E-state index in [9.17, 15) is 9.59 Å². The standard InChI is InChI=1S/C24H30N4O2/c1-26(2)21-15-19(25-23(29)18-9-10-18)11-12-20(21)24(30)28-14-13-27(3)16-22(28)17-7-5-4-6-8-17/h4-8,11-12,15,18,22H,9-10,13-14,16H2,1-3H3,(H,25,29). The minimum absolute atomic E-state index is 0.0155. The van der Waals surface area contributed by atoms with Crippen LogP contribution in [-0.4, -0.2) is 62.4 Å². The molecule has 6 heteroatoms. The minimum atomic E-state index is 0.0155. The van der Waals surface area contributed by atoms with E-state index < -0.39 is 0 Å². The van der Waals surface area contributed by atoms with Crippen molar-refractivity contribution in [3.8, 4) is 0 Å². The van der Waals surface area contributed by atoms with Crippen molar-refractivity contribution in [2.45, 2.75) is 18.9 Å². The Morgan fingerprint density at radius 2 is 1.77 bits per heavy atom. The van der Waals surface area contributed by atoms with Gasteiger partial charge in [0.05, 0.1) is 17.3 Å². The first-order valence-corrected chi connectivity index (χ1v) is 10.6. The van der Waals surface area contributed by atoms with Crippen molar-refractivity contribution in [2.24, 2.45) is 5.92 Å². The fraction of sp³-hybridized carbons (Fsp3) is 0.417. The number of nitrogens with zero attached hydrogens (tertiary/aromatic N) is 3. The summed E-state index contributed by atoms with van der Waals surface area (Å²) >= 11 is 0. The summed E-state index contributed by atoms with van der Waals surface area (Å²) in [6.07, 6.45) is 1.93. The van der Waals surface area contributed by atoms with Gasteiger partial charge in [0.2, 0.25) is 5.91 Å². The molecule has 1 saturated carbocycles. The van der Waals surface area contributed by atoms with E-state index in [4.69, 9.17) is 0 Å². The Kier molecular flexibility index (Phi) is 5.77. The summed E-state index contributed by atoms with van der Waals surface area (Å²) in [4.78, 5) is 32.0. The predicted molar refractivity (Wildman–Crippen MR) is 120 cm³/mol. The molecule has 1 atom stereocenters. The normalized spacial score (nSPS) is 19.4. The molecule has 2 aromatic carbocycles. The van der Waals surface area contributed by atoms with Crippen LogP contribution in [0.3, 0.4) is 0 Å². The molecule has 2 aliphatic rings. The molecule has 1 N–H and O–H groups in total. The number of carbonyl (C=O) groups excluding carboxylic acids is 2. The average Bonchev–Trinajstić information content (AvgIpc) is 3.59. The third kappa shape index (κ3) is 4.33. The summed E-state index contributed by atoms with van der Waals surface area (Å²) in [5.41, 5.74) is 3.37. The highest BCUT2D eigenvalue weighted by atomic mass is 16.2. The van der Waals surface area contributed by atoms with Gasteiger partial charge in [0, 0.05) is 45.3 Å². The number of amides is 2. The molecule has 30 heavy (non-hydrogen) atoms. The summed E-state index contributed by atoms with van der Waals surface area (Å²) in [7, 11) is 5.95. The minimum Gasteiger partial charge on any atom is -0.377 e. The van der Waals surface area contributed by atoms with E-state index in [1.807, 2.05) is 60.3 Å². The van der Waals surface area contributed by atoms with Crippen molar-refractivity contribution in [2.75, 3.05) is 51.0 Å². The number of piperazine rings is 1. The van der Waals surface area contributed by atoms with E-state index in [1.54, 1.807) is 0 Å². The summed E-state index contributed by atoms with van der Waals surface area (Å²) in [6, 6.07) is 15.8. The molecule has 1 unspecified atom stereocenters. The molecule has 0 spiro atoms. The number of nitrogens with one attached hydrogen (secondary N) is 1. The van der Waals surface area contributed by atoms with Gasteiger partial charge >= 0.3 is 0 Å². The summed E-state index contributed by atoms with van der Waals surface area (Å²) in [5.74, 6) is 0.244. The van der Waals surface area contributed by atoms with Gasteiger partial charge in [0.15, 0.2) is 0 Å². The molecule has 0 radical (unpaired) electrons. The number of anilines is 2. The highest BCUT2D eigenvalue weighted by molar-refractivity contribution is 6.02. The first-order valence-electron chi connectivity index (χ1n) is 10.6. The number of rotatable bonds is 5. The molecule has 1 aliphatic heterocycles. The van der Waals surface area contributed by atoms with Gasteiger partial charge in [-0.15, -0.1) is 0 Å². The van der Waals surface area contributed by atoms with E-state index in [-0.39, 0.29) is 23.8 Å². The first kappa shape index (κ1) is 20.4. The van der Waals surface area contributed by atoms with Gasteiger partial charge in [-0.25, -0.2) is 0 Å². The number of likely N-dealkylation sites (N-methyl/N-ethyl adjacent to an activating group) is 1. The van der Waals surface area contributed by atoms with E-state index in [0.717, 1.165) is 42.9 Å². The quantitative estimate of drug-likeness (QED) is 0.828. The number of hydrogen-bond donors (Lipinski definition) is 1. The lowest BCUT2D eigenvalue weighted by Gasteiger charge is -2.40. The predicted octanol–water partition coefficient (Wildman–Crippen LogP) is 3.23. The molecule has 1 heterocycles. The van der Waals surface area contributed by atoms with Crippen molar-refractivity contribution < 1.29 is 9.59 Å². The zero-order valence-corrected chi connectivity index (χ0v) is 18.0. The maximum absolute atomic E-state index is 13.7. The lowest BCUT2D eigenvalue weighted by molar-refractivity contribution is -0.117. The second-order valence-corrected chi connectivity index (χ2v) is 8.58. The number of hydrogen-bond acceptors (Lipinski definition) is 4. The van der Waals surface area contributed by atoms with Crippen molar-refractivity contribution in [1.29, 1.82) is 0 Å². The van der Waals surface area contributed by atoms with E-state index in [1.165, 1.54) is 0 Å². The Labute approximate surface area is 178 Å². The second-order valence-electron chi connectivity index (χ2n) is 8.58. The number of carbonyl (C=O) groups is 2. The Morgan fingerprint density at radius 3 is 2.43 bits per heavy atom. The van der Waals surface area contributed by atoms with Crippen LogP contribution in [0.2, 0.25) is 0 Å². The van der Waals surface area contributed by atoms with Crippen LogP contribution >= 0.6 is 0 Å². The second kappa shape index (κ2) is 8.48. The van der Waals surface area contributed by atoms with Crippen molar-refractivity contribution >= 4 is 23.2 Å². The highest BCUT2D eigenvalue weighted by Crippen LogP contribution is 2.33. The van der Waals surface area contributed by atoms with Gasteiger partial charge < -0.3 is 20.0 Å². The van der Waals surface area contributed by atoms with Gasteiger partial charge in [-0.05, 0) is 43.7 Å². The highest BCUT2D eigenvalue weighted by Gasteiger charge is 2.33. The largest absolute Gasteiger partial charge is 0.377 e. The molecule has 2 aromatic rings. The SMILES string of the molecule is CN1CCN(C(=O)c2ccc(NC(=O)C3CC3)cc2N(C)C)C(c2ccccc2)C1. The molecule has 0 aromatic heterocycles. The van der Waals surface area contributed by atoms with E-state index in [0.29, 0.717) is 12.1 Å². The van der Waals surface area contributed by atoms with Crippen LogP contribution in [0.5, 0.6) is 0 Å². The summed E-state index contributed by atoms with van der Waals surface area (Å²) < 4.78 is 0. The molecule has 4 rings (SSSR count). The van der Waals surface area contributed by atoms with Gasteiger partial charge in [-0.1, -0.05) is 30.3 Å². The molecule has 6 nitrogen and oxygen atoms in total. The average molecular weight is 407 g/mol. The van der Waals surface area contributed by atoms with Crippen molar-refractivity contribution in [3.05, 3.63) is 59.7 Å². The topological polar surface area (TPSA) is 55.9 Å². The lowest BCUT2D eigenvalue weighted by Crippen LogP contribution is -2.49. The van der Waals surface area contributed by atoms with Gasteiger partial charge in [-0.3, -0.25) is 9.59 Å². The maximum Gasteiger partial charge on any atom is 0.256 e. The summed E-state index contributed by atoms with van der Waals surface area (Å²) in [5, 5.41) is 2.99. The van der Waals surface area contributed by atoms with E-state index >= 15 is 0 Å². The fourth-order valence-electron chi connectivity index (χ4n) is 4.03. The fourth-order valence-corrected chi connectivity index (χ4v) is 4.03. The number of benzene rings is 2. The Balaban J connectivity index is 1.62. The van der Waals surface area contributed by atoms with Gasteiger partial charge in [-0.2, -0.15) is 0 Å². The Bertz CT molecular complexity index is 924. The van der Waals surface area contributed by atoms with Gasteiger partial charge in [0.1, 0.15) is 0 Å². The molecular weight excluding hydrogens is 376 g/mol. The molecule has 1 aliphatic carbocycles. The molecule has 1 saturated heterocycles. The Morgan fingerprint density at radius 1 is 1.03 bits per heavy atom.